The van der Waals surface area contributed by atoms with Gasteiger partial charge in [-0.3, -0.25) is 4.79 Å². The number of likely N-dealkylation sites (tertiary alicyclic amines) is 1. The quantitative estimate of drug-likeness (QED) is 0.831. The van der Waals surface area contributed by atoms with E-state index in [-0.39, 0.29) is 11.9 Å². The molecule has 1 aromatic heterocycles. The maximum Gasteiger partial charge on any atom is 0.319 e. The molecule has 0 atom stereocenters. The van der Waals surface area contributed by atoms with Gasteiger partial charge in [-0.15, -0.1) is 0 Å². The van der Waals surface area contributed by atoms with Crippen LogP contribution in [0.15, 0.2) is 41.0 Å². The van der Waals surface area contributed by atoms with Gasteiger partial charge >= 0.3 is 6.03 Å². The van der Waals surface area contributed by atoms with Crippen molar-refractivity contribution in [3.63, 3.8) is 0 Å². The Kier molecular flexibility index (Phi) is 6.17. The first-order valence-electron chi connectivity index (χ1n) is 8.79. The Labute approximate surface area is 157 Å². The minimum atomic E-state index is -0.374. The summed E-state index contributed by atoms with van der Waals surface area (Å²) in [4.78, 5) is 26.5. The highest BCUT2D eigenvalue weighted by atomic mass is 35.5. The van der Waals surface area contributed by atoms with Crippen molar-refractivity contribution in [2.45, 2.75) is 25.7 Å². The number of carbonyl (C=O) groups is 2. The van der Waals surface area contributed by atoms with Gasteiger partial charge in [0.1, 0.15) is 5.76 Å². The number of furan rings is 1. The lowest BCUT2D eigenvalue weighted by Gasteiger charge is -2.27. The molecule has 1 saturated heterocycles. The molecule has 2 N–H and O–H groups in total. The van der Waals surface area contributed by atoms with Crippen molar-refractivity contribution in [2.75, 3.05) is 25.0 Å². The molecule has 0 saturated carbocycles. The van der Waals surface area contributed by atoms with E-state index >= 15 is 0 Å². The van der Waals surface area contributed by atoms with Crippen LogP contribution in [-0.2, 0) is 6.42 Å². The summed E-state index contributed by atoms with van der Waals surface area (Å²) in [6.07, 6.45) is 5.42. The Hall–Kier alpha value is -2.47. The van der Waals surface area contributed by atoms with Crippen molar-refractivity contribution in [1.82, 2.24) is 10.2 Å². The third kappa shape index (κ3) is 4.79. The van der Waals surface area contributed by atoms with Gasteiger partial charge in [0.2, 0.25) is 0 Å². The van der Waals surface area contributed by atoms with E-state index in [9.17, 15) is 9.59 Å². The average Bonchev–Trinajstić information content (AvgIpc) is 3.17. The van der Waals surface area contributed by atoms with Gasteiger partial charge in [0.25, 0.3) is 5.91 Å². The van der Waals surface area contributed by atoms with Crippen molar-refractivity contribution in [3.05, 3.63) is 52.9 Å². The van der Waals surface area contributed by atoms with Crippen LogP contribution in [0.3, 0.4) is 0 Å². The number of amides is 3. The van der Waals surface area contributed by atoms with Crippen LogP contribution in [-0.4, -0.2) is 36.5 Å². The van der Waals surface area contributed by atoms with Gasteiger partial charge in [-0.25, -0.2) is 4.79 Å². The van der Waals surface area contributed by atoms with E-state index in [1.54, 1.807) is 30.5 Å². The topological polar surface area (TPSA) is 74.6 Å². The second-order valence-corrected chi connectivity index (χ2v) is 6.66. The third-order valence-electron chi connectivity index (χ3n) is 4.34. The van der Waals surface area contributed by atoms with Crippen LogP contribution in [0, 0.1) is 0 Å². The number of hydrogen-bond acceptors (Lipinski definition) is 3. The lowest BCUT2D eigenvalue weighted by molar-refractivity contribution is 0.0724. The van der Waals surface area contributed by atoms with E-state index in [0.717, 1.165) is 38.1 Å². The van der Waals surface area contributed by atoms with Crippen molar-refractivity contribution in [3.8, 4) is 0 Å². The molecule has 6 nitrogen and oxygen atoms in total. The van der Waals surface area contributed by atoms with Crippen LogP contribution in [0.5, 0.6) is 0 Å². The van der Waals surface area contributed by atoms with Crippen LogP contribution in [0.1, 0.15) is 35.4 Å². The zero-order valence-corrected chi connectivity index (χ0v) is 15.2. The molecule has 0 spiro atoms. The standard InChI is InChI=1S/C19H22ClN3O3/c20-16-7-6-14(18(24)23-10-2-1-3-11-23)13-17(16)22-19(25)21-9-8-15-5-4-12-26-15/h4-7,12-13H,1-3,8-11H2,(H2,21,22,25). The fraction of sp³-hybridized carbons (Fsp3) is 0.368. The summed E-state index contributed by atoms with van der Waals surface area (Å²) in [7, 11) is 0. The van der Waals surface area contributed by atoms with Gasteiger partial charge in [-0.05, 0) is 49.6 Å². The van der Waals surface area contributed by atoms with E-state index in [0.29, 0.717) is 29.2 Å². The number of benzene rings is 1. The highest BCUT2D eigenvalue weighted by Gasteiger charge is 2.19. The van der Waals surface area contributed by atoms with Crippen molar-refractivity contribution < 1.29 is 14.0 Å². The number of nitrogens with one attached hydrogen (secondary N) is 2. The molecule has 7 heteroatoms. The largest absolute Gasteiger partial charge is 0.469 e. The predicted octanol–water partition coefficient (Wildman–Crippen LogP) is 3.92. The van der Waals surface area contributed by atoms with Crippen LogP contribution in [0.25, 0.3) is 0 Å². The summed E-state index contributed by atoms with van der Waals surface area (Å²) in [5.74, 6) is 0.778. The van der Waals surface area contributed by atoms with Crippen LogP contribution in [0.2, 0.25) is 5.02 Å². The summed E-state index contributed by atoms with van der Waals surface area (Å²) < 4.78 is 5.22. The molecule has 3 rings (SSSR count). The van der Waals surface area contributed by atoms with Crippen LogP contribution in [0.4, 0.5) is 10.5 Å². The second kappa shape index (κ2) is 8.76. The maximum atomic E-state index is 12.6. The van der Waals surface area contributed by atoms with Gasteiger partial charge in [-0.1, -0.05) is 11.6 Å². The molecule has 26 heavy (non-hydrogen) atoms. The molecule has 1 aromatic carbocycles. The van der Waals surface area contributed by atoms with Gasteiger partial charge in [0.15, 0.2) is 0 Å². The van der Waals surface area contributed by atoms with E-state index in [4.69, 9.17) is 16.0 Å². The summed E-state index contributed by atoms with van der Waals surface area (Å²) in [6, 6.07) is 8.25. The lowest BCUT2D eigenvalue weighted by Crippen LogP contribution is -2.35. The zero-order chi connectivity index (χ0) is 18.4. The van der Waals surface area contributed by atoms with Crippen molar-refractivity contribution in [2.24, 2.45) is 0 Å². The molecule has 1 fully saturated rings. The molecule has 0 bridgehead atoms. The summed E-state index contributed by atoms with van der Waals surface area (Å²) in [5, 5.41) is 5.84. The SMILES string of the molecule is O=C(NCCc1ccco1)Nc1cc(C(=O)N2CCCCC2)ccc1Cl. The summed E-state index contributed by atoms with van der Waals surface area (Å²) in [5.41, 5.74) is 0.951. The minimum absolute atomic E-state index is 0.0253. The number of urea groups is 1. The van der Waals surface area contributed by atoms with E-state index in [1.165, 1.54) is 0 Å². The highest BCUT2D eigenvalue weighted by Crippen LogP contribution is 2.24. The van der Waals surface area contributed by atoms with Crippen molar-refractivity contribution in [1.29, 1.82) is 0 Å². The van der Waals surface area contributed by atoms with Crippen LogP contribution < -0.4 is 10.6 Å². The smallest absolute Gasteiger partial charge is 0.319 e. The Balaban J connectivity index is 1.58. The van der Waals surface area contributed by atoms with Crippen molar-refractivity contribution >= 4 is 29.2 Å². The molecule has 0 unspecified atom stereocenters. The van der Waals surface area contributed by atoms with Gasteiger partial charge in [0.05, 0.1) is 17.0 Å². The number of rotatable bonds is 5. The Morgan fingerprint density at radius 1 is 1.15 bits per heavy atom. The minimum Gasteiger partial charge on any atom is -0.469 e. The molecular weight excluding hydrogens is 354 g/mol. The molecule has 2 heterocycles. The molecule has 0 aliphatic carbocycles. The number of hydrogen-bond donors (Lipinski definition) is 2. The molecule has 138 valence electrons. The number of piperidine rings is 1. The van der Waals surface area contributed by atoms with Gasteiger partial charge in [-0.2, -0.15) is 0 Å². The number of anilines is 1. The highest BCUT2D eigenvalue weighted by molar-refractivity contribution is 6.33. The van der Waals surface area contributed by atoms with E-state index < -0.39 is 0 Å². The number of halogens is 1. The summed E-state index contributed by atoms with van der Waals surface area (Å²) >= 11 is 6.16. The molecule has 3 amide bonds. The molecular formula is C19H22ClN3O3. The van der Waals surface area contributed by atoms with E-state index in [1.807, 2.05) is 11.0 Å². The first-order chi connectivity index (χ1) is 12.6. The second-order valence-electron chi connectivity index (χ2n) is 6.26. The summed E-state index contributed by atoms with van der Waals surface area (Å²) in [6.45, 7) is 1.98. The number of nitrogens with zero attached hydrogens (tertiary/aromatic N) is 1. The maximum absolute atomic E-state index is 12.6. The monoisotopic (exact) mass is 375 g/mol. The first-order valence-corrected chi connectivity index (χ1v) is 9.17. The number of carbonyl (C=O) groups excluding carboxylic acids is 2. The normalized spacial score (nSPS) is 14.1. The lowest BCUT2D eigenvalue weighted by atomic mass is 10.1. The van der Waals surface area contributed by atoms with Gasteiger partial charge in [0, 0.05) is 31.6 Å². The zero-order valence-electron chi connectivity index (χ0n) is 14.5. The molecule has 1 aliphatic heterocycles. The van der Waals surface area contributed by atoms with Crippen LogP contribution >= 0.6 is 11.6 Å². The molecule has 2 aromatic rings. The predicted molar refractivity (Wildman–Crippen MR) is 101 cm³/mol. The average molecular weight is 376 g/mol. The van der Waals surface area contributed by atoms with Gasteiger partial charge < -0.3 is 20.0 Å². The molecule has 1 aliphatic rings. The Morgan fingerprint density at radius 3 is 2.69 bits per heavy atom. The third-order valence-corrected chi connectivity index (χ3v) is 4.67. The Bertz CT molecular complexity index is 755. The first kappa shape index (κ1) is 18.3. The van der Waals surface area contributed by atoms with E-state index in [2.05, 4.69) is 10.6 Å². The fourth-order valence-electron chi connectivity index (χ4n) is 2.95. The molecule has 0 radical (unpaired) electrons. The Morgan fingerprint density at radius 2 is 1.96 bits per heavy atom. The fourth-order valence-corrected chi connectivity index (χ4v) is 3.12.